The van der Waals surface area contributed by atoms with Gasteiger partial charge in [-0.1, -0.05) is 13.3 Å². The molecule has 0 aliphatic carbocycles. The summed E-state index contributed by atoms with van der Waals surface area (Å²) in [6.07, 6.45) is 2.13. The molecule has 0 bridgehead atoms. The average Bonchev–Trinajstić information content (AvgIpc) is 3.04. The van der Waals surface area contributed by atoms with Crippen LogP contribution in [0.4, 0.5) is 5.69 Å². The summed E-state index contributed by atoms with van der Waals surface area (Å²) in [6.45, 7) is 3.03. The van der Waals surface area contributed by atoms with E-state index in [9.17, 15) is 4.79 Å². The third-order valence-corrected chi connectivity index (χ3v) is 3.51. The molecule has 5 heteroatoms. The van der Waals surface area contributed by atoms with E-state index in [1.807, 2.05) is 24.3 Å². The lowest BCUT2D eigenvalue weighted by Gasteiger charge is -2.08. The van der Waals surface area contributed by atoms with E-state index in [1.165, 1.54) is 0 Å². The van der Waals surface area contributed by atoms with E-state index in [0.29, 0.717) is 23.7 Å². The van der Waals surface area contributed by atoms with Crippen LogP contribution in [0.5, 0.6) is 17.2 Å². The van der Waals surface area contributed by atoms with Crippen LogP contribution in [0.1, 0.15) is 30.1 Å². The van der Waals surface area contributed by atoms with Crippen molar-refractivity contribution < 1.29 is 19.0 Å². The first kappa shape index (κ1) is 15.2. The largest absolute Gasteiger partial charge is 0.494 e. The molecule has 1 amide bonds. The van der Waals surface area contributed by atoms with Gasteiger partial charge in [-0.15, -0.1) is 0 Å². The normalized spacial score (nSPS) is 12.0. The zero-order valence-electron chi connectivity index (χ0n) is 13.0. The van der Waals surface area contributed by atoms with Crippen molar-refractivity contribution in [2.24, 2.45) is 0 Å². The Kier molecular flexibility index (Phi) is 4.66. The molecule has 23 heavy (non-hydrogen) atoms. The van der Waals surface area contributed by atoms with E-state index >= 15 is 0 Å². The second-order valence-electron chi connectivity index (χ2n) is 5.25. The van der Waals surface area contributed by atoms with E-state index in [1.54, 1.807) is 18.2 Å². The Morgan fingerprint density at radius 3 is 2.70 bits per heavy atom. The number of unbranched alkanes of at least 4 members (excludes halogenated alkanes) is 1. The SMILES string of the molecule is CCCCOc1ccc(NC(=O)c2ccc3c(c2)OCO3)cc1. The van der Waals surface area contributed by atoms with Gasteiger partial charge in [0.05, 0.1) is 6.61 Å². The zero-order chi connectivity index (χ0) is 16.1. The van der Waals surface area contributed by atoms with E-state index in [4.69, 9.17) is 14.2 Å². The molecule has 0 atom stereocenters. The molecule has 0 radical (unpaired) electrons. The Morgan fingerprint density at radius 2 is 1.91 bits per heavy atom. The number of hydrogen-bond donors (Lipinski definition) is 1. The standard InChI is InChI=1S/C18H19NO4/c1-2-3-10-21-15-7-5-14(6-8-15)19-18(20)13-4-9-16-17(11-13)23-12-22-16/h4-9,11H,2-3,10,12H2,1H3,(H,19,20). The third kappa shape index (κ3) is 3.74. The van der Waals surface area contributed by atoms with Crippen molar-refractivity contribution >= 4 is 11.6 Å². The highest BCUT2D eigenvalue weighted by Crippen LogP contribution is 2.32. The summed E-state index contributed by atoms with van der Waals surface area (Å²) in [5.41, 5.74) is 1.24. The molecule has 0 unspecified atom stereocenters. The molecule has 0 aromatic heterocycles. The minimum Gasteiger partial charge on any atom is -0.494 e. The number of benzene rings is 2. The van der Waals surface area contributed by atoms with E-state index in [-0.39, 0.29) is 12.7 Å². The van der Waals surface area contributed by atoms with Gasteiger partial charge < -0.3 is 19.5 Å². The number of fused-ring (bicyclic) bond motifs is 1. The fraction of sp³-hybridized carbons (Fsp3) is 0.278. The molecular formula is C18H19NO4. The Morgan fingerprint density at radius 1 is 1.13 bits per heavy atom. The van der Waals surface area contributed by atoms with Crippen molar-refractivity contribution in [1.29, 1.82) is 0 Å². The van der Waals surface area contributed by atoms with Gasteiger partial charge >= 0.3 is 0 Å². The van der Waals surface area contributed by atoms with Crippen molar-refractivity contribution in [1.82, 2.24) is 0 Å². The van der Waals surface area contributed by atoms with Crippen LogP contribution < -0.4 is 19.5 Å². The van der Waals surface area contributed by atoms with Gasteiger partial charge in [-0.2, -0.15) is 0 Å². The monoisotopic (exact) mass is 313 g/mol. The number of rotatable bonds is 6. The Bertz CT molecular complexity index is 682. The first-order chi connectivity index (χ1) is 11.3. The van der Waals surface area contributed by atoms with Gasteiger partial charge in [0.25, 0.3) is 5.91 Å². The molecule has 0 spiro atoms. The van der Waals surface area contributed by atoms with Gasteiger partial charge in [-0.25, -0.2) is 0 Å². The summed E-state index contributed by atoms with van der Waals surface area (Å²) >= 11 is 0. The number of ether oxygens (including phenoxy) is 3. The number of carbonyl (C=O) groups is 1. The summed E-state index contributed by atoms with van der Waals surface area (Å²) in [5.74, 6) is 1.87. The van der Waals surface area contributed by atoms with Crippen LogP contribution in [0, 0.1) is 0 Å². The fourth-order valence-electron chi connectivity index (χ4n) is 2.21. The van der Waals surface area contributed by atoms with Crippen LogP contribution in [0.25, 0.3) is 0 Å². The van der Waals surface area contributed by atoms with Crippen LogP contribution >= 0.6 is 0 Å². The summed E-state index contributed by atoms with van der Waals surface area (Å²) in [6, 6.07) is 12.5. The highest BCUT2D eigenvalue weighted by molar-refractivity contribution is 6.04. The van der Waals surface area contributed by atoms with Crippen molar-refractivity contribution in [3.63, 3.8) is 0 Å². The first-order valence-electron chi connectivity index (χ1n) is 7.70. The van der Waals surface area contributed by atoms with Gasteiger partial charge in [-0.05, 0) is 48.9 Å². The summed E-state index contributed by atoms with van der Waals surface area (Å²) in [5, 5.41) is 2.85. The molecular weight excluding hydrogens is 294 g/mol. The molecule has 120 valence electrons. The summed E-state index contributed by atoms with van der Waals surface area (Å²) in [7, 11) is 0. The Balaban J connectivity index is 1.61. The lowest BCUT2D eigenvalue weighted by molar-refractivity contribution is 0.102. The van der Waals surface area contributed by atoms with Gasteiger partial charge in [-0.3, -0.25) is 4.79 Å². The molecule has 1 aliphatic rings. The van der Waals surface area contributed by atoms with Crippen LogP contribution in [0.15, 0.2) is 42.5 Å². The van der Waals surface area contributed by atoms with Crippen LogP contribution in [0.2, 0.25) is 0 Å². The Labute approximate surface area is 135 Å². The number of carbonyl (C=O) groups excluding carboxylic acids is 1. The molecule has 3 rings (SSSR count). The van der Waals surface area contributed by atoms with E-state index in [0.717, 1.165) is 24.3 Å². The highest BCUT2D eigenvalue weighted by atomic mass is 16.7. The minimum absolute atomic E-state index is 0.192. The molecule has 1 aliphatic heterocycles. The maximum atomic E-state index is 12.3. The van der Waals surface area contributed by atoms with Gasteiger partial charge in [0.15, 0.2) is 11.5 Å². The molecule has 1 N–H and O–H groups in total. The van der Waals surface area contributed by atoms with Gasteiger partial charge in [0.2, 0.25) is 6.79 Å². The molecule has 2 aromatic carbocycles. The molecule has 1 heterocycles. The predicted octanol–water partition coefficient (Wildman–Crippen LogP) is 3.85. The van der Waals surface area contributed by atoms with Crippen molar-refractivity contribution in [2.45, 2.75) is 19.8 Å². The van der Waals surface area contributed by atoms with Gasteiger partial charge in [0.1, 0.15) is 5.75 Å². The van der Waals surface area contributed by atoms with Crippen molar-refractivity contribution in [2.75, 3.05) is 18.7 Å². The number of anilines is 1. The second-order valence-corrected chi connectivity index (χ2v) is 5.25. The highest BCUT2D eigenvalue weighted by Gasteiger charge is 2.16. The smallest absolute Gasteiger partial charge is 0.255 e. The van der Waals surface area contributed by atoms with Crippen molar-refractivity contribution in [3.8, 4) is 17.2 Å². The number of amides is 1. The van der Waals surface area contributed by atoms with Crippen LogP contribution in [0.3, 0.4) is 0 Å². The lowest BCUT2D eigenvalue weighted by Crippen LogP contribution is -2.11. The third-order valence-electron chi connectivity index (χ3n) is 3.51. The Hall–Kier alpha value is -2.69. The average molecular weight is 313 g/mol. The zero-order valence-corrected chi connectivity index (χ0v) is 13.0. The topological polar surface area (TPSA) is 56.8 Å². The molecule has 0 fully saturated rings. The molecule has 0 saturated heterocycles. The van der Waals surface area contributed by atoms with E-state index in [2.05, 4.69) is 12.2 Å². The molecule has 0 saturated carbocycles. The lowest BCUT2D eigenvalue weighted by atomic mass is 10.2. The first-order valence-corrected chi connectivity index (χ1v) is 7.70. The van der Waals surface area contributed by atoms with Crippen molar-refractivity contribution in [3.05, 3.63) is 48.0 Å². The van der Waals surface area contributed by atoms with E-state index < -0.39 is 0 Å². The maximum Gasteiger partial charge on any atom is 0.255 e. The second kappa shape index (κ2) is 7.05. The summed E-state index contributed by atoms with van der Waals surface area (Å²) in [4.78, 5) is 12.3. The molecule has 5 nitrogen and oxygen atoms in total. The van der Waals surface area contributed by atoms with Crippen LogP contribution in [-0.4, -0.2) is 19.3 Å². The summed E-state index contributed by atoms with van der Waals surface area (Å²) < 4.78 is 16.1. The number of hydrogen-bond acceptors (Lipinski definition) is 4. The predicted molar refractivity (Wildman–Crippen MR) is 87.4 cm³/mol. The quantitative estimate of drug-likeness (QED) is 0.823. The van der Waals surface area contributed by atoms with Crippen LogP contribution in [-0.2, 0) is 0 Å². The maximum absolute atomic E-state index is 12.3. The molecule has 2 aromatic rings. The van der Waals surface area contributed by atoms with Gasteiger partial charge in [0, 0.05) is 11.3 Å². The fourth-order valence-corrected chi connectivity index (χ4v) is 2.21. The number of nitrogens with one attached hydrogen (secondary N) is 1. The minimum atomic E-state index is -0.192.